The Morgan fingerprint density at radius 2 is 1.89 bits per heavy atom. The number of halogens is 1. The van der Waals surface area contributed by atoms with Gasteiger partial charge in [0.25, 0.3) is 5.56 Å². The van der Waals surface area contributed by atoms with Gasteiger partial charge in [0.1, 0.15) is 33.8 Å². The lowest BCUT2D eigenvalue weighted by molar-refractivity contribution is -0.164. The lowest BCUT2D eigenvalue weighted by atomic mass is 10.0. The van der Waals surface area contributed by atoms with Crippen LogP contribution in [0.1, 0.15) is 45.7 Å². The number of oxazole rings is 1. The van der Waals surface area contributed by atoms with Gasteiger partial charge in [-0.05, 0) is 77.3 Å². The SMILES string of the molecule is COc1ccc(F)cc1CCn1c(=O)n(C(C)(C)C(=O)OC(C)(C)C)c(=O)c2c(C)c(-c3ncco3)sc21. The van der Waals surface area contributed by atoms with E-state index in [1.807, 2.05) is 0 Å². The Balaban J connectivity index is 1.96. The second kappa shape index (κ2) is 9.86. The van der Waals surface area contributed by atoms with Crippen LogP contribution in [0.5, 0.6) is 5.75 Å². The fourth-order valence-electron chi connectivity index (χ4n) is 4.25. The summed E-state index contributed by atoms with van der Waals surface area (Å²) in [5.74, 6) is -0.372. The Labute approximate surface area is 222 Å². The molecule has 9 nitrogen and oxygen atoms in total. The molecule has 0 radical (unpaired) electrons. The van der Waals surface area contributed by atoms with Crippen LogP contribution in [0.15, 0.2) is 44.7 Å². The highest BCUT2D eigenvalue weighted by Gasteiger charge is 2.38. The van der Waals surface area contributed by atoms with Gasteiger partial charge >= 0.3 is 11.7 Å². The minimum Gasteiger partial charge on any atom is -0.496 e. The summed E-state index contributed by atoms with van der Waals surface area (Å²) in [6, 6.07) is 4.16. The molecule has 4 aromatic rings. The summed E-state index contributed by atoms with van der Waals surface area (Å²) in [7, 11) is 1.48. The minimum atomic E-state index is -1.62. The standard InChI is InChI=1S/C27H30FN3O6S/c1-15-19-22(32)31(27(5,6)24(33)37-26(2,3)4)25(34)30(23(19)38-20(15)21-29-11-13-36-21)12-10-16-14-17(28)8-9-18(16)35-7/h8-9,11,13-14H,10,12H2,1-7H3. The lowest BCUT2D eigenvalue weighted by Gasteiger charge is -2.30. The van der Waals surface area contributed by atoms with Crippen molar-refractivity contribution < 1.29 is 23.1 Å². The summed E-state index contributed by atoms with van der Waals surface area (Å²) in [6.07, 6.45) is 3.14. The number of rotatable bonds is 7. The maximum atomic E-state index is 14.0. The van der Waals surface area contributed by atoms with Crippen molar-refractivity contribution in [2.75, 3.05) is 7.11 Å². The quantitative estimate of drug-likeness (QED) is 0.312. The van der Waals surface area contributed by atoms with E-state index in [1.165, 1.54) is 67.5 Å². The van der Waals surface area contributed by atoms with E-state index in [1.54, 1.807) is 27.7 Å². The van der Waals surface area contributed by atoms with E-state index in [9.17, 15) is 18.8 Å². The zero-order chi connectivity index (χ0) is 28.0. The molecule has 11 heteroatoms. The molecule has 3 heterocycles. The molecule has 0 unspecified atom stereocenters. The fourth-order valence-corrected chi connectivity index (χ4v) is 5.50. The number of carbonyl (C=O) groups is 1. The fraction of sp³-hybridized carbons (Fsp3) is 0.407. The second-order valence-corrected chi connectivity index (χ2v) is 11.4. The van der Waals surface area contributed by atoms with Gasteiger partial charge in [-0.25, -0.2) is 23.5 Å². The first-order chi connectivity index (χ1) is 17.8. The average Bonchev–Trinajstić information content (AvgIpc) is 3.46. The molecule has 0 aliphatic heterocycles. The van der Waals surface area contributed by atoms with Gasteiger partial charge in [-0.2, -0.15) is 0 Å². The van der Waals surface area contributed by atoms with Crippen LogP contribution in [-0.2, 0) is 28.0 Å². The van der Waals surface area contributed by atoms with E-state index in [0.29, 0.717) is 32.5 Å². The highest BCUT2D eigenvalue weighted by Crippen LogP contribution is 2.36. The number of ether oxygens (including phenoxy) is 2. The Morgan fingerprint density at radius 1 is 1.18 bits per heavy atom. The molecule has 0 saturated carbocycles. The van der Waals surface area contributed by atoms with E-state index < -0.39 is 34.2 Å². The summed E-state index contributed by atoms with van der Waals surface area (Å²) in [6.45, 7) is 9.92. The Kier molecular flexibility index (Phi) is 7.09. The molecule has 0 atom stereocenters. The number of benzene rings is 1. The van der Waals surface area contributed by atoms with Gasteiger partial charge in [-0.1, -0.05) is 0 Å². The Bertz CT molecular complexity index is 1620. The van der Waals surface area contributed by atoms with Gasteiger partial charge in [0.15, 0.2) is 0 Å². The first-order valence-electron chi connectivity index (χ1n) is 12.0. The van der Waals surface area contributed by atoms with E-state index in [2.05, 4.69) is 4.98 Å². The van der Waals surface area contributed by atoms with Gasteiger partial charge in [-0.15, -0.1) is 11.3 Å². The third-order valence-electron chi connectivity index (χ3n) is 6.14. The van der Waals surface area contributed by atoms with Crippen molar-refractivity contribution in [1.29, 1.82) is 0 Å². The third kappa shape index (κ3) is 4.90. The summed E-state index contributed by atoms with van der Waals surface area (Å²) < 4.78 is 32.8. The predicted molar refractivity (Wildman–Crippen MR) is 142 cm³/mol. The summed E-state index contributed by atoms with van der Waals surface area (Å²) in [4.78, 5) is 46.2. The van der Waals surface area contributed by atoms with Crippen molar-refractivity contribution in [1.82, 2.24) is 14.1 Å². The van der Waals surface area contributed by atoms with Crippen LogP contribution in [0, 0.1) is 12.7 Å². The average molecular weight is 544 g/mol. The largest absolute Gasteiger partial charge is 0.496 e. The van der Waals surface area contributed by atoms with E-state index in [-0.39, 0.29) is 18.4 Å². The van der Waals surface area contributed by atoms with E-state index in [0.717, 1.165) is 4.57 Å². The molecule has 0 saturated heterocycles. The number of esters is 1. The molecule has 0 N–H and O–H groups in total. The Hall–Kier alpha value is -3.73. The maximum Gasteiger partial charge on any atom is 0.333 e. The van der Waals surface area contributed by atoms with Gasteiger partial charge in [0, 0.05) is 6.54 Å². The number of carbonyl (C=O) groups excluding carboxylic acids is 1. The van der Waals surface area contributed by atoms with Gasteiger partial charge in [-0.3, -0.25) is 9.36 Å². The topological polar surface area (TPSA) is 106 Å². The third-order valence-corrected chi connectivity index (χ3v) is 7.45. The molecule has 0 bridgehead atoms. The van der Waals surface area contributed by atoms with Crippen molar-refractivity contribution in [3.63, 3.8) is 0 Å². The highest BCUT2D eigenvalue weighted by molar-refractivity contribution is 7.22. The lowest BCUT2D eigenvalue weighted by Crippen LogP contribution is -2.54. The molecular weight excluding hydrogens is 513 g/mol. The summed E-state index contributed by atoms with van der Waals surface area (Å²) >= 11 is 1.19. The Morgan fingerprint density at radius 3 is 2.50 bits per heavy atom. The number of nitrogens with zero attached hydrogens (tertiary/aromatic N) is 3. The predicted octanol–water partition coefficient (Wildman–Crippen LogP) is 4.66. The molecular formula is C27H30FN3O6S. The van der Waals surface area contributed by atoms with Crippen molar-refractivity contribution in [2.24, 2.45) is 0 Å². The van der Waals surface area contributed by atoms with Crippen molar-refractivity contribution in [3.8, 4) is 16.5 Å². The van der Waals surface area contributed by atoms with Gasteiger partial charge in [0.05, 0.1) is 23.6 Å². The molecule has 0 aliphatic carbocycles. The molecule has 1 aromatic carbocycles. The molecule has 202 valence electrons. The number of hydrogen-bond donors (Lipinski definition) is 0. The van der Waals surface area contributed by atoms with E-state index in [4.69, 9.17) is 13.9 Å². The first-order valence-corrected chi connectivity index (χ1v) is 12.8. The molecule has 0 amide bonds. The molecule has 0 spiro atoms. The smallest absolute Gasteiger partial charge is 0.333 e. The summed E-state index contributed by atoms with van der Waals surface area (Å²) in [5.41, 5.74) is -2.63. The molecule has 3 aromatic heterocycles. The van der Waals surface area contributed by atoms with Crippen LogP contribution in [0.25, 0.3) is 21.0 Å². The number of thiophene rings is 1. The van der Waals surface area contributed by atoms with Gasteiger partial charge < -0.3 is 13.9 Å². The normalized spacial score (nSPS) is 12.2. The molecule has 0 fully saturated rings. The highest BCUT2D eigenvalue weighted by atomic mass is 32.1. The zero-order valence-electron chi connectivity index (χ0n) is 22.4. The maximum absolute atomic E-state index is 14.0. The van der Waals surface area contributed by atoms with Crippen LogP contribution in [0.4, 0.5) is 4.39 Å². The molecule has 0 aliphatic rings. The van der Waals surface area contributed by atoms with Crippen LogP contribution >= 0.6 is 11.3 Å². The number of fused-ring (bicyclic) bond motifs is 1. The number of aryl methyl sites for hydroxylation is 3. The number of aromatic nitrogens is 3. The van der Waals surface area contributed by atoms with Crippen LogP contribution in [-0.4, -0.2) is 32.8 Å². The van der Waals surface area contributed by atoms with Gasteiger partial charge in [0.2, 0.25) is 5.89 Å². The summed E-state index contributed by atoms with van der Waals surface area (Å²) in [5, 5.41) is 0.269. The van der Waals surface area contributed by atoms with Crippen molar-refractivity contribution in [3.05, 3.63) is 68.4 Å². The first kappa shape index (κ1) is 27.3. The molecule has 4 rings (SSSR count). The minimum absolute atomic E-state index is 0.0881. The van der Waals surface area contributed by atoms with E-state index >= 15 is 0 Å². The van der Waals surface area contributed by atoms with Crippen molar-refractivity contribution >= 4 is 27.5 Å². The zero-order valence-corrected chi connectivity index (χ0v) is 23.2. The number of methoxy groups -OCH3 is 1. The van der Waals surface area contributed by atoms with Crippen LogP contribution < -0.4 is 16.0 Å². The van der Waals surface area contributed by atoms with Crippen molar-refractivity contribution in [2.45, 2.75) is 65.6 Å². The van der Waals surface area contributed by atoms with Crippen LogP contribution in [0.3, 0.4) is 0 Å². The molecule has 38 heavy (non-hydrogen) atoms. The number of hydrogen-bond acceptors (Lipinski definition) is 8. The second-order valence-electron chi connectivity index (χ2n) is 10.4. The monoisotopic (exact) mass is 543 g/mol. The van der Waals surface area contributed by atoms with Crippen LogP contribution in [0.2, 0.25) is 0 Å².